The number of benzene rings is 1. The van der Waals surface area contributed by atoms with Crippen molar-refractivity contribution >= 4 is 0 Å². The first-order chi connectivity index (χ1) is 7.29. The van der Waals surface area contributed by atoms with Crippen molar-refractivity contribution in [1.29, 1.82) is 0 Å². The van der Waals surface area contributed by atoms with Crippen LogP contribution in [0.1, 0.15) is 56.2 Å². The van der Waals surface area contributed by atoms with Crippen LogP contribution in [0.3, 0.4) is 0 Å². The van der Waals surface area contributed by atoms with E-state index in [9.17, 15) is 0 Å². The van der Waals surface area contributed by atoms with Crippen LogP contribution in [-0.2, 0) is 12.8 Å². The van der Waals surface area contributed by atoms with Crippen molar-refractivity contribution in [1.82, 2.24) is 0 Å². The van der Waals surface area contributed by atoms with Crippen molar-refractivity contribution in [3.05, 3.63) is 34.9 Å². The molecule has 0 aromatic heterocycles. The fraction of sp³-hybridized carbons (Fsp3) is 0.600. The van der Waals surface area contributed by atoms with Gasteiger partial charge in [-0.2, -0.15) is 0 Å². The summed E-state index contributed by atoms with van der Waals surface area (Å²) in [7, 11) is 0. The lowest BCUT2D eigenvalue weighted by Crippen LogP contribution is -1.97. The van der Waals surface area contributed by atoms with Gasteiger partial charge in [-0.05, 0) is 42.9 Å². The predicted molar refractivity (Wildman–Crippen MR) is 68.4 cm³/mol. The summed E-state index contributed by atoms with van der Waals surface area (Å²) in [5, 5.41) is 0. The Morgan fingerprint density at radius 1 is 0.933 bits per heavy atom. The van der Waals surface area contributed by atoms with E-state index in [1.807, 2.05) is 0 Å². The molecule has 0 saturated heterocycles. The quantitative estimate of drug-likeness (QED) is 0.590. The van der Waals surface area contributed by atoms with Crippen molar-refractivity contribution in [3.8, 4) is 0 Å². The van der Waals surface area contributed by atoms with Gasteiger partial charge < -0.3 is 0 Å². The molecule has 0 spiro atoms. The van der Waals surface area contributed by atoms with Crippen LogP contribution < -0.4 is 0 Å². The zero-order chi connectivity index (χ0) is 11.1. The van der Waals surface area contributed by atoms with Gasteiger partial charge in [0.05, 0.1) is 0 Å². The third-order valence-corrected chi connectivity index (χ3v) is 3.06. The van der Waals surface area contributed by atoms with Gasteiger partial charge in [0, 0.05) is 0 Å². The largest absolute Gasteiger partial charge is 0.0654 e. The van der Waals surface area contributed by atoms with Gasteiger partial charge in [-0.3, -0.25) is 0 Å². The summed E-state index contributed by atoms with van der Waals surface area (Å²) >= 11 is 0. The van der Waals surface area contributed by atoms with E-state index in [1.54, 1.807) is 11.1 Å². The molecule has 0 amide bonds. The molecule has 0 atom stereocenters. The molecule has 0 bridgehead atoms. The summed E-state index contributed by atoms with van der Waals surface area (Å²) in [4.78, 5) is 0. The lowest BCUT2D eigenvalue weighted by atomic mass is 9.94. The molecule has 0 saturated carbocycles. The average molecular weight is 204 g/mol. The van der Waals surface area contributed by atoms with E-state index in [4.69, 9.17) is 0 Å². The maximum absolute atomic E-state index is 2.31. The van der Waals surface area contributed by atoms with Crippen molar-refractivity contribution in [3.63, 3.8) is 0 Å². The van der Waals surface area contributed by atoms with Gasteiger partial charge in [0.15, 0.2) is 0 Å². The summed E-state index contributed by atoms with van der Waals surface area (Å²) in [5.74, 6) is 0. The second kappa shape index (κ2) is 6.66. The van der Waals surface area contributed by atoms with Gasteiger partial charge in [-0.1, -0.05) is 51.3 Å². The minimum absolute atomic E-state index is 1.24. The van der Waals surface area contributed by atoms with Crippen LogP contribution in [0.15, 0.2) is 18.2 Å². The third kappa shape index (κ3) is 3.70. The molecule has 0 fully saturated rings. The Bertz CT molecular complexity index is 286. The molecule has 0 heteroatoms. The predicted octanol–water partition coefficient (Wildman–Crippen LogP) is 4.68. The molecule has 15 heavy (non-hydrogen) atoms. The minimum atomic E-state index is 1.24. The van der Waals surface area contributed by atoms with E-state index in [2.05, 4.69) is 39.0 Å². The third-order valence-electron chi connectivity index (χ3n) is 3.06. The second-order valence-corrected chi connectivity index (χ2v) is 4.42. The van der Waals surface area contributed by atoms with Gasteiger partial charge in [-0.15, -0.1) is 0 Å². The number of unbranched alkanes of at least 4 members (excludes halogenated alkanes) is 2. The van der Waals surface area contributed by atoms with Gasteiger partial charge in [0.2, 0.25) is 0 Å². The Balaban J connectivity index is 2.71. The normalized spacial score (nSPS) is 10.6. The van der Waals surface area contributed by atoms with Crippen molar-refractivity contribution < 1.29 is 0 Å². The standard InChI is InChI=1S/C15H24/c1-4-6-7-11-14-12-8-10-13(3)15(14)9-5-2/h8,10,12H,4-7,9,11H2,1-3H3. The van der Waals surface area contributed by atoms with Crippen LogP contribution in [0, 0.1) is 6.92 Å². The van der Waals surface area contributed by atoms with E-state index in [0.717, 1.165) is 0 Å². The van der Waals surface area contributed by atoms with E-state index in [1.165, 1.54) is 44.1 Å². The lowest BCUT2D eigenvalue weighted by molar-refractivity contribution is 0.711. The van der Waals surface area contributed by atoms with Crippen LogP contribution in [-0.4, -0.2) is 0 Å². The number of hydrogen-bond donors (Lipinski definition) is 0. The fourth-order valence-corrected chi connectivity index (χ4v) is 2.17. The van der Waals surface area contributed by atoms with Gasteiger partial charge in [-0.25, -0.2) is 0 Å². The zero-order valence-corrected chi connectivity index (χ0v) is 10.5. The van der Waals surface area contributed by atoms with Gasteiger partial charge in [0.25, 0.3) is 0 Å². The fourth-order valence-electron chi connectivity index (χ4n) is 2.17. The lowest BCUT2D eigenvalue weighted by Gasteiger charge is -2.11. The average Bonchev–Trinajstić information content (AvgIpc) is 2.23. The molecule has 0 unspecified atom stereocenters. The molecule has 84 valence electrons. The number of rotatable bonds is 6. The summed E-state index contributed by atoms with van der Waals surface area (Å²) in [6.07, 6.45) is 7.79. The molecule has 0 N–H and O–H groups in total. The van der Waals surface area contributed by atoms with Crippen LogP contribution in [0.2, 0.25) is 0 Å². The molecule has 1 aromatic carbocycles. The Morgan fingerprint density at radius 3 is 2.40 bits per heavy atom. The highest BCUT2D eigenvalue weighted by Gasteiger charge is 2.03. The Kier molecular flexibility index (Phi) is 5.45. The second-order valence-electron chi connectivity index (χ2n) is 4.42. The summed E-state index contributed by atoms with van der Waals surface area (Å²) in [5.41, 5.74) is 4.67. The van der Waals surface area contributed by atoms with Gasteiger partial charge >= 0.3 is 0 Å². The molecule has 1 aromatic rings. The molecule has 0 aliphatic heterocycles. The highest BCUT2D eigenvalue weighted by molar-refractivity contribution is 5.34. The maximum atomic E-state index is 2.31. The highest BCUT2D eigenvalue weighted by Crippen LogP contribution is 2.18. The maximum Gasteiger partial charge on any atom is -0.0276 e. The van der Waals surface area contributed by atoms with Crippen molar-refractivity contribution in [2.24, 2.45) is 0 Å². The molecular formula is C15H24. The minimum Gasteiger partial charge on any atom is -0.0654 e. The first-order valence-corrected chi connectivity index (χ1v) is 6.37. The van der Waals surface area contributed by atoms with E-state index in [-0.39, 0.29) is 0 Å². The van der Waals surface area contributed by atoms with E-state index in [0.29, 0.717) is 0 Å². The highest BCUT2D eigenvalue weighted by atomic mass is 14.1. The molecule has 1 rings (SSSR count). The van der Waals surface area contributed by atoms with Crippen molar-refractivity contribution in [2.75, 3.05) is 0 Å². The van der Waals surface area contributed by atoms with Crippen LogP contribution in [0.25, 0.3) is 0 Å². The molecule has 0 radical (unpaired) electrons. The van der Waals surface area contributed by atoms with Crippen LogP contribution in [0.5, 0.6) is 0 Å². The van der Waals surface area contributed by atoms with Crippen molar-refractivity contribution in [2.45, 2.75) is 59.3 Å². The Hall–Kier alpha value is -0.780. The summed E-state index contributed by atoms with van der Waals surface area (Å²) < 4.78 is 0. The molecule has 0 aliphatic rings. The number of aryl methyl sites for hydroxylation is 2. The number of hydrogen-bond acceptors (Lipinski definition) is 0. The monoisotopic (exact) mass is 204 g/mol. The smallest absolute Gasteiger partial charge is 0.0276 e. The van der Waals surface area contributed by atoms with E-state index >= 15 is 0 Å². The van der Waals surface area contributed by atoms with E-state index < -0.39 is 0 Å². The molecular weight excluding hydrogens is 180 g/mol. The molecule has 0 heterocycles. The van der Waals surface area contributed by atoms with Crippen LogP contribution >= 0.6 is 0 Å². The van der Waals surface area contributed by atoms with Crippen LogP contribution in [0.4, 0.5) is 0 Å². The summed E-state index contributed by atoms with van der Waals surface area (Å²) in [6.45, 7) is 6.78. The summed E-state index contributed by atoms with van der Waals surface area (Å²) in [6, 6.07) is 6.76. The van der Waals surface area contributed by atoms with Gasteiger partial charge in [0.1, 0.15) is 0 Å². The first kappa shape index (κ1) is 12.3. The zero-order valence-electron chi connectivity index (χ0n) is 10.5. The Morgan fingerprint density at radius 2 is 1.73 bits per heavy atom. The molecule has 0 aliphatic carbocycles. The topological polar surface area (TPSA) is 0 Å². The Labute approximate surface area is 94.7 Å². The molecule has 0 nitrogen and oxygen atoms in total. The first-order valence-electron chi connectivity index (χ1n) is 6.37. The SMILES string of the molecule is CCCCCc1cccc(C)c1CCC.